The second-order valence-corrected chi connectivity index (χ2v) is 8.58. The van der Waals surface area contributed by atoms with Crippen LogP contribution in [0.2, 0.25) is 0 Å². The van der Waals surface area contributed by atoms with Gasteiger partial charge in [-0.05, 0) is 31.4 Å². The number of amides is 1. The molecule has 0 radical (unpaired) electrons. The van der Waals surface area contributed by atoms with E-state index in [1.807, 2.05) is 20.8 Å². The average Bonchev–Trinajstić information content (AvgIpc) is 3.30. The van der Waals surface area contributed by atoms with Crippen molar-refractivity contribution in [2.75, 3.05) is 5.32 Å². The Bertz CT molecular complexity index is 1020. The standard InChI is InChI=1S/C19H20FN5OS/c1-19(2,3)17-22-23-18(27-17)21-16(26)15-11-7-6-10-13(11)25(24-15)14-9-5-4-8-12(14)20/h4-5,8-9H,6-7,10H2,1-3H3,(H,21,23,26). The molecule has 0 unspecified atom stereocenters. The summed E-state index contributed by atoms with van der Waals surface area (Å²) in [4.78, 5) is 12.8. The van der Waals surface area contributed by atoms with E-state index in [1.54, 1.807) is 22.9 Å². The number of nitrogens with one attached hydrogen (secondary N) is 1. The molecular weight excluding hydrogens is 365 g/mol. The quantitative estimate of drug-likeness (QED) is 0.742. The molecule has 0 bridgehead atoms. The van der Waals surface area contributed by atoms with Crippen LogP contribution in [0.25, 0.3) is 5.69 Å². The van der Waals surface area contributed by atoms with Gasteiger partial charge in [0.05, 0.1) is 0 Å². The fraction of sp³-hybridized carbons (Fsp3) is 0.368. The van der Waals surface area contributed by atoms with E-state index in [-0.39, 0.29) is 17.1 Å². The first kappa shape index (κ1) is 17.8. The first-order valence-electron chi connectivity index (χ1n) is 8.85. The molecule has 0 saturated heterocycles. The third-order valence-electron chi connectivity index (χ3n) is 4.51. The van der Waals surface area contributed by atoms with E-state index in [1.165, 1.54) is 17.4 Å². The maximum absolute atomic E-state index is 14.2. The summed E-state index contributed by atoms with van der Waals surface area (Å²) in [6.07, 6.45) is 2.46. The Morgan fingerprint density at radius 1 is 1.22 bits per heavy atom. The SMILES string of the molecule is CC(C)(C)c1nnc(NC(=O)c2nn(-c3ccccc3F)c3c2CCC3)s1. The van der Waals surface area contributed by atoms with Gasteiger partial charge in [0, 0.05) is 16.7 Å². The van der Waals surface area contributed by atoms with Gasteiger partial charge in [-0.15, -0.1) is 10.2 Å². The number of carbonyl (C=O) groups is 1. The van der Waals surface area contributed by atoms with Crippen LogP contribution in [-0.2, 0) is 18.3 Å². The molecule has 0 fully saturated rings. The van der Waals surface area contributed by atoms with E-state index in [9.17, 15) is 9.18 Å². The van der Waals surface area contributed by atoms with Crippen molar-refractivity contribution in [2.45, 2.75) is 45.4 Å². The van der Waals surface area contributed by atoms with Gasteiger partial charge in [-0.25, -0.2) is 9.07 Å². The Balaban J connectivity index is 1.66. The van der Waals surface area contributed by atoms with Crippen LogP contribution in [-0.4, -0.2) is 25.9 Å². The topological polar surface area (TPSA) is 72.7 Å². The summed E-state index contributed by atoms with van der Waals surface area (Å²) in [5.41, 5.74) is 2.35. The number of para-hydroxylation sites is 1. The van der Waals surface area contributed by atoms with Crippen LogP contribution in [0.1, 0.15) is 53.9 Å². The smallest absolute Gasteiger partial charge is 0.278 e. The van der Waals surface area contributed by atoms with E-state index >= 15 is 0 Å². The number of benzene rings is 1. The minimum absolute atomic E-state index is 0.131. The molecule has 2 heterocycles. The fourth-order valence-corrected chi connectivity index (χ4v) is 3.97. The second-order valence-electron chi connectivity index (χ2n) is 7.61. The summed E-state index contributed by atoms with van der Waals surface area (Å²) in [7, 11) is 0. The van der Waals surface area contributed by atoms with Crippen molar-refractivity contribution in [1.29, 1.82) is 0 Å². The van der Waals surface area contributed by atoms with Gasteiger partial charge < -0.3 is 0 Å². The molecule has 3 aromatic rings. The molecule has 27 heavy (non-hydrogen) atoms. The zero-order chi connectivity index (χ0) is 19.2. The van der Waals surface area contributed by atoms with E-state index in [2.05, 4.69) is 20.6 Å². The molecule has 1 aliphatic carbocycles. The van der Waals surface area contributed by atoms with Crippen molar-refractivity contribution >= 4 is 22.4 Å². The third-order valence-corrected chi connectivity index (χ3v) is 5.78. The van der Waals surface area contributed by atoms with Crippen LogP contribution in [0.15, 0.2) is 24.3 Å². The average molecular weight is 385 g/mol. The van der Waals surface area contributed by atoms with Crippen LogP contribution in [0, 0.1) is 5.82 Å². The Hall–Kier alpha value is -2.61. The van der Waals surface area contributed by atoms with E-state index in [4.69, 9.17) is 0 Å². The number of anilines is 1. The molecular formula is C19H20FN5OS. The van der Waals surface area contributed by atoms with E-state index in [0.29, 0.717) is 16.5 Å². The molecule has 0 aliphatic heterocycles. The van der Waals surface area contributed by atoms with Crippen molar-refractivity contribution < 1.29 is 9.18 Å². The molecule has 1 N–H and O–H groups in total. The molecule has 140 valence electrons. The van der Waals surface area contributed by atoms with Gasteiger partial charge in [0.25, 0.3) is 5.91 Å². The van der Waals surface area contributed by atoms with Crippen molar-refractivity contribution in [1.82, 2.24) is 20.0 Å². The van der Waals surface area contributed by atoms with Crippen molar-refractivity contribution in [3.8, 4) is 5.69 Å². The maximum atomic E-state index is 14.2. The molecule has 4 rings (SSSR count). The van der Waals surface area contributed by atoms with Crippen LogP contribution < -0.4 is 5.32 Å². The predicted octanol–water partition coefficient (Wildman–Crippen LogP) is 3.90. The lowest BCUT2D eigenvalue weighted by Gasteiger charge is -2.12. The summed E-state index contributed by atoms with van der Waals surface area (Å²) < 4.78 is 15.8. The number of hydrogen-bond donors (Lipinski definition) is 1. The lowest BCUT2D eigenvalue weighted by atomic mass is 9.98. The first-order valence-corrected chi connectivity index (χ1v) is 9.67. The summed E-state index contributed by atoms with van der Waals surface area (Å²) in [6, 6.07) is 6.46. The van der Waals surface area contributed by atoms with Crippen LogP contribution >= 0.6 is 11.3 Å². The van der Waals surface area contributed by atoms with Crippen molar-refractivity contribution in [3.63, 3.8) is 0 Å². The first-order chi connectivity index (χ1) is 12.8. The van der Waals surface area contributed by atoms with Gasteiger partial charge in [-0.1, -0.05) is 44.2 Å². The second kappa shape index (κ2) is 6.53. The molecule has 0 saturated carbocycles. The Morgan fingerprint density at radius 3 is 2.70 bits per heavy atom. The molecule has 0 atom stereocenters. The number of halogens is 1. The normalized spacial score (nSPS) is 13.6. The molecule has 1 amide bonds. The number of fused-ring (bicyclic) bond motifs is 1. The van der Waals surface area contributed by atoms with Gasteiger partial charge in [0.2, 0.25) is 5.13 Å². The number of carbonyl (C=O) groups excluding carboxylic acids is 1. The minimum Gasteiger partial charge on any atom is -0.295 e. The highest BCUT2D eigenvalue weighted by Crippen LogP contribution is 2.31. The number of hydrogen-bond acceptors (Lipinski definition) is 5. The molecule has 2 aromatic heterocycles. The Labute approximate surface area is 160 Å². The highest BCUT2D eigenvalue weighted by atomic mass is 32.1. The molecule has 6 nitrogen and oxygen atoms in total. The Kier molecular flexibility index (Phi) is 4.30. The van der Waals surface area contributed by atoms with E-state index in [0.717, 1.165) is 35.5 Å². The fourth-order valence-electron chi connectivity index (χ4n) is 3.18. The molecule has 1 aliphatic rings. The molecule has 1 aromatic carbocycles. The summed E-state index contributed by atoms with van der Waals surface area (Å²) in [6.45, 7) is 6.13. The minimum atomic E-state index is -0.361. The summed E-state index contributed by atoms with van der Waals surface area (Å²) in [5, 5.41) is 16.7. The summed E-state index contributed by atoms with van der Waals surface area (Å²) in [5.74, 6) is -0.694. The van der Waals surface area contributed by atoms with Crippen molar-refractivity contribution in [3.05, 3.63) is 52.0 Å². The zero-order valence-electron chi connectivity index (χ0n) is 15.4. The molecule has 8 heteroatoms. The van der Waals surface area contributed by atoms with Gasteiger partial charge in [-0.2, -0.15) is 5.10 Å². The Morgan fingerprint density at radius 2 is 2.00 bits per heavy atom. The van der Waals surface area contributed by atoms with Gasteiger partial charge in [0.15, 0.2) is 5.69 Å². The zero-order valence-corrected chi connectivity index (χ0v) is 16.2. The van der Waals surface area contributed by atoms with Crippen molar-refractivity contribution in [2.24, 2.45) is 0 Å². The summed E-state index contributed by atoms with van der Waals surface area (Å²) >= 11 is 1.35. The highest BCUT2D eigenvalue weighted by molar-refractivity contribution is 7.15. The van der Waals surface area contributed by atoms with E-state index < -0.39 is 0 Å². The third kappa shape index (κ3) is 3.25. The van der Waals surface area contributed by atoms with Crippen LogP contribution in [0.4, 0.5) is 9.52 Å². The lowest BCUT2D eigenvalue weighted by Crippen LogP contribution is -2.15. The maximum Gasteiger partial charge on any atom is 0.278 e. The molecule has 0 spiro atoms. The van der Waals surface area contributed by atoms with Gasteiger partial charge in [0.1, 0.15) is 16.5 Å². The van der Waals surface area contributed by atoms with Gasteiger partial charge in [-0.3, -0.25) is 10.1 Å². The van der Waals surface area contributed by atoms with Crippen LogP contribution in [0.3, 0.4) is 0 Å². The van der Waals surface area contributed by atoms with Crippen LogP contribution in [0.5, 0.6) is 0 Å². The number of nitrogens with zero attached hydrogens (tertiary/aromatic N) is 4. The largest absolute Gasteiger partial charge is 0.295 e. The highest BCUT2D eigenvalue weighted by Gasteiger charge is 2.28. The monoisotopic (exact) mass is 385 g/mol. The number of rotatable bonds is 3. The number of aromatic nitrogens is 4. The van der Waals surface area contributed by atoms with Gasteiger partial charge >= 0.3 is 0 Å². The predicted molar refractivity (Wildman–Crippen MR) is 102 cm³/mol. The lowest BCUT2D eigenvalue weighted by molar-refractivity contribution is 0.102.